The maximum atomic E-state index is 9.91. The number of ether oxygens (including phenoxy) is 3. The lowest BCUT2D eigenvalue weighted by Gasteiger charge is -2.42. The minimum atomic E-state index is -0.712. The van der Waals surface area contributed by atoms with Gasteiger partial charge in [0.05, 0.1) is 12.7 Å². The molecule has 5 heteroatoms. The zero-order valence-electron chi connectivity index (χ0n) is 11.8. The number of benzene rings is 1. The molecule has 20 heavy (non-hydrogen) atoms. The van der Waals surface area contributed by atoms with Crippen molar-refractivity contribution in [2.24, 2.45) is 0 Å². The standard InChI is InChI=1S/C15H22O5/c1-3-18-14-12(9-16)19-15(20-13(14)10(2)17)11-7-5-4-6-8-11/h4-8,10,12-17H,3,9H2,1-2H3. The summed E-state index contributed by atoms with van der Waals surface area (Å²) in [5.41, 5.74) is 0.853. The van der Waals surface area contributed by atoms with Gasteiger partial charge < -0.3 is 24.4 Å². The minimum Gasteiger partial charge on any atom is -0.394 e. The predicted molar refractivity (Wildman–Crippen MR) is 73.1 cm³/mol. The van der Waals surface area contributed by atoms with Crippen LogP contribution in [-0.2, 0) is 14.2 Å². The number of aliphatic hydroxyl groups is 2. The average Bonchev–Trinajstić information content (AvgIpc) is 2.48. The summed E-state index contributed by atoms with van der Waals surface area (Å²) in [7, 11) is 0. The van der Waals surface area contributed by atoms with Crippen LogP contribution in [0.5, 0.6) is 0 Å². The Hall–Kier alpha value is -0.980. The first-order valence-electron chi connectivity index (χ1n) is 6.93. The van der Waals surface area contributed by atoms with E-state index in [2.05, 4.69) is 0 Å². The van der Waals surface area contributed by atoms with Crippen LogP contribution in [0.4, 0.5) is 0 Å². The van der Waals surface area contributed by atoms with Crippen molar-refractivity contribution >= 4 is 0 Å². The molecule has 0 amide bonds. The molecule has 5 atom stereocenters. The molecule has 0 spiro atoms. The van der Waals surface area contributed by atoms with Crippen LogP contribution in [-0.4, -0.2) is 47.8 Å². The van der Waals surface area contributed by atoms with Crippen LogP contribution in [0, 0.1) is 0 Å². The zero-order chi connectivity index (χ0) is 14.5. The minimum absolute atomic E-state index is 0.180. The van der Waals surface area contributed by atoms with Gasteiger partial charge in [0.25, 0.3) is 0 Å². The second-order valence-electron chi connectivity index (χ2n) is 4.86. The van der Waals surface area contributed by atoms with Gasteiger partial charge in [0.1, 0.15) is 18.3 Å². The Bertz CT molecular complexity index is 395. The largest absolute Gasteiger partial charge is 0.394 e. The molecule has 0 bridgehead atoms. The molecule has 5 unspecified atom stereocenters. The maximum absolute atomic E-state index is 9.91. The summed E-state index contributed by atoms with van der Waals surface area (Å²) in [5.74, 6) is 0. The fraction of sp³-hybridized carbons (Fsp3) is 0.600. The quantitative estimate of drug-likeness (QED) is 0.850. The Morgan fingerprint density at radius 2 is 1.95 bits per heavy atom. The van der Waals surface area contributed by atoms with E-state index in [0.29, 0.717) is 6.61 Å². The predicted octanol–water partition coefficient (Wildman–Crippen LogP) is 1.25. The molecular formula is C15H22O5. The Balaban J connectivity index is 2.20. The first-order chi connectivity index (χ1) is 9.67. The third-order valence-corrected chi connectivity index (χ3v) is 3.36. The molecule has 1 aromatic rings. The molecular weight excluding hydrogens is 260 g/mol. The normalized spacial score (nSPS) is 32.0. The van der Waals surface area contributed by atoms with Crippen LogP contribution in [0.3, 0.4) is 0 Å². The molecule has 1 aliphatic heterocycles. The molecule has 2 N–H and O–H groups in total. The van der Waals surface area contributed by atoms with Crippen LogP contribution in [0.25, 0.3) is 0 Å². The van der Waals surface area contributed by atoms with Gasteiger partial charge in [-0.1, -0.05) is 30.3 Å². The lowest BCUT2D eigenvalue weighted by atomic mass is 10.0. The van der Waals surface area contributed by atoms with Crippen molar-refractivity contribution in [3.05, 3.63) is 35.9 Å². The van der Waals surface area contributed by atoms with E-state index < -0.39 is 30.7 Å². The van der Waals surface area contributed by atoms with E-state index in [1.807, 2.05) is 37.3 Å². The van der Waals surface area contributed by atoms with Gasteiger partial charge in [-0.05, 0) is 13.8 Å². The van der Waals surface area contributed by atoms with Crippen LogP contribution in [0.2, 0.25) is 0 Å². The van der Waals surface area contributed by atoms with Crippen LogP contribution in [0.1, 0.15) is 25.7 Å². The van der Waals surface area contributed by atoms with Crippen LogP contribution < -0.4 is 0 Å². The van der Waals surface area contributed by atoms with Crippen molar-refractivity contribution in [2.75, 3.05) is 13.2 Å². The van der Waals surface area contributed by atoms with E-state index in [0.717, 1.165) is 5.56 Å². The fourth-order valence-corrected chi connectivity index (χ4v) is 2.40. The molecule has 1 fully saturated rings. The number of hydrogen-bond donors (Lipinski definition) is 2. The molecule has 1 aromatic carbocycles. The summed E-state index contributed by atoms with van der Waals surface area (Å²) in [5, 5.41) is 19.4. The van der Waals surface area contributed by atoms with Crippen LogP contribution in [0.15, 0.2) is 30.3 Å². The molecule has 112 valence electrons. The number of rotatable bonds is 5. The Morgan fingerprint density at radius 3 is 2.50 bits per heavy atom. The molecule has 0 aliphatic carbocycles. The monoisotopic (exact) mass is 282 g/mol. The van der Waals surface area contributed by atoms with Gasteiger partial charge in [-0.3, -0.25) is 0 Å². The summed E-state index contributed by atoms with van der Waals surface area (Å²) in [4.78, 5) is 0. The first kappa shape index (κ1) is 15.4. The van der Waals surface area contributed by atoms with Crippen molar-refractivity contribution in [3.8, 4) is 0 Å². The average molecular weight is 282 g/mol. The summed E-state index contributed by atoms with van der Waals surface area (Å²) in [6.07, 6.45) is -2.86. The van der Waals surface area contributed by atoms with Gasteiger partial charge in [0.2, 0.25) is 0 Å². The number of aliphatic hydroxyl groups excluding tert-OH is 2. The maximum Gasteiger partial charge on any atom is 0.184 e. The van der Waals surface area contributed by atoms with E-state index in [1.54, 1.807) is 6.92 Å². The lowest BCUT2D eigenvalue weighted by molar-refractivity contribution is -0.314. The molecule has 0 radical (unpaired) electrons. The summed E-state index contributed by atoms with van der Waals surface area (Å²) >= 11 is 0. The van der Waals surface area contributed by atoms with Crippen molar-refractivity contribution in [3.63, 3.8) is 0 Å². The summed E-state index contributed by atoms with van der Waals surface area (Å²) in [6, 6.07) is 9.47. The highest BCUT2D eigenvalue weighted by Crippen LogP contribution is 2.32. The molecule has 1 heterocycles. The van der Waals surface area contributed by atoms with Gasteiger partial charge in [-0.25, -0.2) is 0 Å². The van der Waals surface area contributed by atoms with Gasteiger partial charge in [0, 0.05) is 12.2 Å². The SMILES string of the molecule is CCOC1C(CO)OC(c2ccccc2)OC1C(C)O. The second-order valence-corrected chi connectivity index (χ2v) is 4.86. The van der Waals surface area contributed by atoms with Crippen molar-refractivity contribution < 1.29 is 24.4 Å². The second kappa shape index (κ2) is 7.15. The van der Waals surface area contributed by atoms with E-state index in [-0.39, 0.29) is 6.61 Å². The first-order valence-corrected chi connectivity index (χ1v) is 6.93. The Morgan fingerprint density at radius 1 is 1.25 bits per heavy atom. The van der Waals surface area contributed by atoms with Gasteiger partial charge in [-0.15, -0.1) is 0 Å². The smallest absolute Gasteiger partial charge is 0.184 e. The van der Waals surface area contributed by atoms with E-state index in [4.69, 9.17) is 14.2 Å². The van der Waals surface area contributed by atoms with Crippen molar-refractivity contribution in [2.45, 2.75) is 44.6 Å². The highest BCUT2D eigenvalue weighted by atomic mass is 16.7. The fourth-order valence-electron chi connectivity index (χ4n) is 2.40. The molecule has 2 rings (SSSR count). The van der Waals surface area contributed by atoms with E-state index in [1.165, 1.54) is 0 Å². The topological polar surface area (TPSA) is 68.2 Å². The lowest BCUT2D eigenvalue weighted by Crippen LogP contribution is -2.54. The van der Waals surface area contributed by atoms with E-state index in [9.17, 15) is 10.2 Å². The number of hydrogen-bond acceptors (Lipinski definition) is 5. The molecule has 1 saturated heterocycles. The van der Waals surface area contributed by atoms with Gasteiger partial charge >= 0.3 is 0 Å². The zero-order valence-corrected chi connectivity index (χ0v) is 11.8. The highest BCUT2D eigenvalue weighted by molar-refractivity contribution is 5.16. The Labute approximate surface area is 119 Å². The van der Waals surface area contributed by atoms with Gasteiger partial charge in [-0.2, -0.15) is 0 Å². The molecule has 1 aliphatic rings. The summed E-state index contributed by atoms with van der Waals surface area (Å²) < 4.78 is 17.2. The van der Waals surface area contributed by atoms with Crippen LogP contribution >= 0.6 is 0 Å². The molecule has 0 aromatic heterocycles. The third-order valence-electron chi connectivity index (χ3n) is 3.36. The van der Waals surface area contributed by atoms with Crippen molar-refractivity contribution in [1.29, 1.82) is 0 Å². The van der Waals surface area contributed by atoms with E-state index >= 15 is 0 Å². The summed E-state index contributed by atoms with van der Waals surface area (Å²) in [6.45, 7) is 3.79. The molecule has 0 saturated carbocycles. The van der Waals surface area contributed by atoms with Crippen molar-refractivity contribution in [1.82, 2.24) is 0 Å². The molecule has 5 nitrogen and oxygen atoms in total. The van der Waals surface area contributed by atoms with Gasteiger partial charge in [0.15, 0.2) is 6.29 Å². The highest BCUT2D eigenvalue weighted by Gasteiger charge is 2.42. The third kappa shape index (κ3) is 3.37. The Kier molecular flexibility index (Phi) is 5.51.